The number of benzene rings is 1. The van der Waals surface area contributed by atoms with Gasteiger partial charge in [0, 0.05) is 24.1 Å². The van der Waals surface area contributed by atoms with Crippen LogP contribution in [-0.4, -0.2) is 29.7 Å². The molecule has 0 saturated carbocycles. The van der Waals surface area contributed by atoms with Crippen LogP contribution in [0.5, 0.6) is 0 Å². The zero-order chi connectivity index (χ0) is 22.8. The highest BCUT2D eigenvalue weighted by Crippen LogP contribution is 2.40. The molecule has 0 aliphatic carbocycles. The molecule has 4 N–H and O–H groups in total. The van der Waals surface area contributed by atoms with Crippen molar-refractivity contribution in [3.63, 3.8) is 0 Å². The predicted molar refractivity (Wildman–Crippen MR) is 117 cm³/mol. The number of nitrogens with one attached hydrogen (secondary N) is 1. The first-order valence-electron chi connectivity index (χ1n) is 9.48. The molecule has 31 heavy (non-hydrogen) atoms. The molecular weight excluding hydrogens is 424 g/mol. The van der Waals surface area contributed by atoms with Crippen LogP contribution < -0.4 is 11.1 Å². The number of carbonyl (C=O) groups excluding carboxylic acids is 1. The molecule has 0 unspecified atom stereocenters. The predicted octanol–water partition coefficient (Wildman–Crippen LogP) is 4.35. The summed E-state index contributed by atoms with van der Waals surface area (Å²) in [5.41, 5.74) is 4.76. The van der Waals surface area contributed by atoms with E-state index in [4.69, 9.17) is 10.5 Å². The number of pyridine rings is 1. The van der Waals surface area contributed by atoms with Gasteiger partial charge in [-0.2, -0.15) is 0 Å². The maximum atomic E-state index is 14.8. The molecule has 0 aliphatic rings. The Morgan fingerprint density at radius 3 is 2.52 bits per heavy atom. The van der Waals surface area contributed by atoms with Crippen molar-refractivity contribution in [2.75, 3.05) is 19.0 Å². The second-order valence-corrected chi connectivity index (χ2v) is 8.53. The molecule has 3 aromatic rings. The van der Waals surface area contributed by atoms with Crippen molar-refractivity contribution in [2.24, 2.45) is 5.73 Å². The van der Waals surface area contributed by atoms with Crippen molar-refractivity contribution in [2.45, 2.75) is 25.9 Å². The van der Waals surface area contributed by atoms with Crippen LogP contribution >= 0.6 is 11.3 Å². The Kier molecular flexibility index (Phi) is 6.68. The van der Waals surface area contributed by atoms with Crippen LogP contribution in [-0.2, 0) is 16.8 Å². The summed E-state index contributed by atoms with van der Waals surface area (Å²) in [6.07, 6.45) is 0.606. The van der Waals surface area contributed by atoms with E-state index >= 15 is 0 Å². The van der Waals surface area contributed by atoms with Crippen LogP contribution in [0.1, 0.15) is 35.5 Å². The zero-order valence-corrected chi connectivity index (χ0v) is 18.1. The number of ether oxygens (including phenoxy) is 1. The minimum absolute atomic E-state index is 0.0921. The van der Waals surface area contributed by atoms with Gasteiger partial charge in [-0.05, 0) is 49.7 Å². The largest absolute Gasteiger partial charge is 0.386 e. The Morgan fingerprint density at radius 1 is 1.26 bits per heavy atom. The summed E-state index contributed by atoms with van der Waals surface area (Å²) in [6.45, 7) is 3.38. The summed E-state index contributed by atoms with van der Waals surface area (Å²) in [6, 6.07) is 8.85. The maximum absolute atomic E-state index is 14.8. The highest BCUT2D eigenvalue weighted by Gasteiger charge is 2.24. The summed E-state index contributed by atoms with van der Waals surface area (Å²) < 4.78 is 34.6. The molecule has 1 aromatic carbocycles. The van der Waals surface area contributed by atoms with Gasteiger partial charge < -0.3 is 20.9 Å². The van der Waals surface area contributed by atoms with Gasteiger partial charge in [0.15, 0.2) is 0 Å². The molecular formula is C22H23F2N3O3S. The highest BCUT2D eigenvalue weighted by atomic mass is 32.1. The Labute approximate surface area is 182 Å². The van der Waals surface area contributed by atoms with Gasteiger partial charge >= 0.3 is 0 Å². The van der Waals surface area contributed by atoms with Crippen molar-refractivity contribution < 1.29 is 23.4 Å². The van der Waals surface area contributed by atoms with E-state index in [1.807, 2.05) is 6.07 Å². The molecule has 1 amide bonds. The van der Waals surface area contributed by atoms with Gasteiger partial charge in [0.05, 0.1) is 23.3 Å². The van der Waals surface area contributed by atoms with E-state index in [9.17, 15) is 18.7 Å². The number of carbonyl (C=O) groups is 1. The van der Waals surface area contributed by atoms with E-state index < -0.39 is 23.1 Å². The number of methoxy groups -OCH3 is 1. The topological polar surface area (TPSA) is 97.5 Å². The monoisotopic (exact) mass is 447 g/mol. The smallest absolute Gasteiger partial charge is 0.251 e. The number of hydrogen-bond acceptors (Lipinski definition) is 6. The summed E-state index contributed by atoms with van der Waals surface area (Å²) >= 11 is 0.982. The number of anilines is 2. The molecule has 0 bridgehead atoms. The summed E-state index contributed by atoms with van der Waals surface area (Å²) in [7, 11) is 1.60. The Bertz CT molecular complexity index is 1090. The van der Waals surface area contributed by atoms with Gasteiger partial charge in [-0.1, -0.05) is 6.07 Å². The van der Waals surface area contributed by atoms with E-state index in [1.54, 1.807) is 19.2 Å². The molecule has 0 saturated heterocycles. The molecule has 2 heterocycles. The normalized spacial score (nSPS) is 11.5. The Morgan fingerprint density at radius 2 is 1.94 bits per heavy atom. The lowest BCUT2D eigenvalue weighted by Gasteiger charge is -2.18. The third kappa shape index (κ3) is 5.25. The number of aromatic nitrogens is 1. The van der Waals surface area contributed by atoms with Crippen LogP contribution in [0.2, 0.25) is 0 Å². The van der Waals surface area contributed by atoms with E-state index in [2.05, 4.69) is 10.3 Å². The lowest BCUT2D eigenvalue weighted by Crippen LogP contribution is -2.16. The van der Waals surface area contributed by atoms with Crippen LogP contribution in [0.25, 0.3) is 10.4 Å². The van der Waals surface area contributed by atoms with E-state index in [1.165, 1.54) is 19.9 Å². The number of thiophene rings is 1. The van der Waals surface area contributed by atoms with Crippen LogP contribution in [0.3, 0.4) is 0 Å². The van der Waals surface area contributed by atoms with E-state index in [-0.39, 0.29) is 21.6 Å². The zero-order valence-electron chi connectivity index (χ0n) is 17.3. The van der Waals surface area contributed by atoms with Crippen molar-refractivity contribution >= 4 is 28.1 Å². The molecule has 6 nitrogen and oxygen atoms in total. The van der Waals surface area contributed by atoms with Crippen LogP contribution in [0, 0.1) is 11.6 Å². The molecule has 9 heteroatoms. The SMILES string of the molecule is COCCc1cccc(Nc2sc(-c3c(F)cc(C(C)(C)O)cc3F)cc2C(N)=O)n1. The van der Waals surface area contributed by atoms with Crippen molar-refractivity contribution in [1.82, 2.24) is 4.98 Å². The second-order valence-electron chi connectivity index (χ2n) is 7.47. The maximum Gasteiger partial charge on any atom is 0.251 e. The number of halogens is 2. The van der Waals surface area contributed by atoms with Gasteiger partial charge in [-0.15, -0.1) is 11.3 Å². The van der Waals surface area contributed by atoms with Crippen molar-refractivity contribution in [3.05, 3.63) is 64.9 Å². The number of nitrogens with two attached hydrogens (primary N) is 1. The van der Waals surface area contributed by atoms with E-state index in [0.717, 1.165) is 29.2 Å². The molecule has 0 spiro atoms. The van der Waals surface area contributed by atoms with Gasteiger partial charge in [-0.3, -0.25) is 4.79 Å². The highest BCUT2D eigenvalue weighted by molar-refractivity contribution is 7.20. The summed E-state index contributed by atoms with van der Waals surface area (Å²) in [5, 5.41) is 13.4. The molecule has 0 aliphatic heterocycles. The molecule has 0 fully saturated rings. The number of amides is 1. The third-order valence-electron chi connectivity index (χ3n) is 4.60. The summed E-state index contributed by atoms with van der Waals surface area (Å²) in [4.78, 5) is 16.6. The molecule has 3 rings (SSSR count). The van der Waals surface area contributed by atoms with Gasteiger partial charge in [0.25, 0.3) is 5.91 Å². The minimum atomic E-state index is -1.40. The molecule has 0 radical (unpaired) electrons. The van der Waals surface area contributed by atoms with Crippen LogP contribution in [0.4, 0.5) is 19.6 Å². The molecule has 2 aromatic heterocycles. The Hall–Kier alpha value is -2.88. The van der Waals surface area contributed by atoms with Crippen molar-refractivity contribution in [3.8, 4) is 10.4 Å². The number of nitrogens with zero attached hydrogens (tertiary/aromatic N) is 1. The fourth-order valence-electron chi connectivity index (χ4n) is 2.96. The minimum Gasteiger partial charge on any atom is -0.386 e. The first kappa shape index (κ1) is 22.8. The number of primary amides is 1. The summed E-state index contributed by atoms with van der Waals surface area (Å²) in [5.74, 6) is -1.97. The van der Waals surface area contributed by atoms with Gasteiger partial charge in [-0.25, -0.2) is 13.8 Å². The average Bonchev–Trinajstić information content (AvgIpc) is 3.09. The standard InChI is InChI=1S/C22H23F2N3O3S/c1-22(2,29)12-9-15(23)19(16(24)10-12)17-11-14(20(25)28)21(31-17)27-18-6-4-5-13(26-18)7-8-30-3/h4-6,9-11,29H,7-8H2,1-3H3,(H2,25,28)(H,26,27). The second kappa shape index (κ2) is 9.09. The first-order valence-corrected chi connectivity index (χ1v) is 10.3. The number of aliphatic hydroxyl groups is 1. The molecule has 0 atom stereocenters. The fourth-order valence-corrected chi connectivity index (χ4v) is 4.08. The number of rotatable bonds is 8. The lowest BCUT2D eigenvalue weighted by atomic mass is 9.96. The third-order valence-corrected chi connectivity index (χ3v) is 5.67. The lowest BCUT2D eigenvalue weighted by molar-refractivity contribution is 0.0778. The fraction of sp³-hybridized carbons (Fsp3) is 0.273. The molecule has 164 valence electrons. The Balaban J connectivity index is 2.00. The first-order chi connectivity index (χ1) is 14.6. The van der Waals surface area contributed by atoms with E-state index in [0.29, 0.717) is 23.8 Å². The van der Waals surface area contributed by atoms with Crippen molar-refractivity contribution in [1.29, 1.82) is 0 Å². The van der Waals surface area contributed by atoms with Gasteiger partial charge in [0.1, 0.15) is 22.5 Å². The average molecular weight is 448 g/mol. The quantitative estimate of drug-likeness (QED) is 0.477. The number of hydrogen-bond donors (Lipinski definition) is 3. The van der Waals surface area contributed by atoms with Crippen LogP contribution in [0.15, 0.2) is 36.4 Å². The van der Waals surface area contributed by atoms with Gasteiger partial charge in [0.2, 0.25) is 0 Å².